The van der Waals surface area contributed by atoms with Crippen LogP contribution in [-0.2, 0) is 6.54 Å². The van der Waals surface area contributed by atoms with Crippen LogP contribution >= 0.6 is 27.3 Å². The van der Waals surface area contributed by atoms with E-state index in [1.807, 2.05) is 6.92 Å². The van der Waals surface area contributed by atoms with Gasteiger partial charge < -0.3 is 10.6 Å². The molecule has 1 amide bonds. The average Bonchev–Trinajstić information content (AvgIpc) is 2.77. The molecule has 0 unspecified atom stereocenters. The fourth-order valence-corrected chi connectivity index (χ4v) is 2.92. The number of nitrogens with two attached hydrogens (primary N) is 1. The van der Waals surface area contributed by atoms with Gasteiger partial charge in [0, 0.05) is 22.1 Å². The van der Waals surface area contributed by atoms with Crippen molar-refractivity contribution in [3.8, 4) is 0 Å². The second kappa shape index (κ2) is 5.71. The zero-order valence-electron chi connectivity index (χ0n) is 10.7. The molecular formula is C13H14BrN3OS. The van der Waals surface area contributed by atoms with Crippen LogP contribution in [0.25, 0.3) is 0 Å². The molecule has 2 rings (SSSR count). The number of carbonyl (C=O) groups excluding carboxylic acids is 1. The number of rotatable bonds is 3. The van der Waals surface area contributed by atoms with E-state index in [4.69, 9.17) is 5.73 Å². The SMILES string of the molecule is Cc1ncsc1CN(C)C(=O)c1cc(N)ccc1Br. The lowest BCUT2D eigenvalue weighted by atomic mass is 10.2. The van der Waals surface area contributed by atoms with E-state index in [0.29, 0.717) is 17.8 Å². The summed E-state index contributed by atoms with van der Waals surface area (Å²) in [6, 6.07) is 5.23. The van der Waals surface area contributed by atoms with Crippen molar-refractivity contribution < 1.29 is 4.79 Å². The summed E-state index contributed by atoms with van der Waals surface area (Å²) in [5, 5.41) is 0. The fraction of sp³-hybridized carbons (Fsp3) is 0.231. The highest BCUT2D eigenvalue weighted by molar-refractivity contribution is 9.10. The minimum atomic E-state index is -0.0630. The van der Waals surface area contributed by atoms with E-state index in [2.05, 4.69) is 20.9 Å². The number of benzene rings is 1. The van der Waals surface area contributed by atoms with Gasteiger partial charge in [0.15, 0.2) is 0 Å². The van der Waals surface area contributed by atoms with E-state index in [9.17, 15) is 4.79 Å². The summed E-state index contributed by atoms with van der Waals surface area (Å²) in [7, 11) is 1.77. The van der Waals surface area contributed by atoms with Crippen LogP contribution in [0.15, 0.2) is 28.2 Å². The molecule has 0 saturated heterocycles. The van der Waals surface area contributed by atoms with E-state index in [-0.39, 0.29) is 5.91 Å². The standard InChI is InChI=1S/C13H14BrN3OS/c1-8-12(19-7-16-8)6-17(2)13(18)10-5-9(15)3-4-11(10)14/h3-5,7H,6,15H2,1-2H3. The monoisotopic (exact) mass is 339 g/mol. The third-order valence-corrected chi connectivity index (χ3v) is 4.40. The van der Waals surface area contributed by atoms with Crippen molar-refractivity contribution in [1.29, 1.82) is 0 Å². The number of aryl methyl sites for hydroxylation is 1. The molecule has 0 fully saturated rings. The second-order valence-corrected chi connectivity index (χ2v) is 6.06. The molecule has 1 heterocycles. The molecule has 0 bridgehead atoms. The van der Waals surface area contributed by atoms with E-state index < -0.39 is 0 Å². The van der Waals surface area contributed by atoms with Crippen LogP contribution in [0.3, 0.4) is 0 Å². The zero-order valence-corrected chi connectivity index (χ0v) is 13.1. The summed E-state index contributed by atoms with van der Waals surface area (Å²) in [4.78, 5) is 19.3. The van der Waals surface area contributed by atoms with Crippen molar-refractivity contribution in [1.82, 2.24) is 9.88 Å². The molecule has 19 heavy (non-hydrogen) atoms. The number of hydrogen-bond acceptors (Lipinski definition) is 4. The largest absolute Gasteiger partial charge is 0.399 e. The third-order valence-electron chi connectivity index (χ3n) is 2.79. The average molecular weight is 340 g/mol. The third kappa shape index (κ3) is 3.13. The molecule has 0 aliphatic heterocycles. The Kier molecular flexibility index (Phi) is 4.21. The maximum absolute atomic E-state index is 12.4. The lowest BCUT2D eigenvalue weighted by Crippen LogP contribution is -2.26. The van der Waals surface area contributed by atoms with Crippen LogP contribution in [0.5, 0.6) is 0 Å². The molecule has 0 aliphatic carbocycles. The highest BCUT2D eigenvalue weighted by atomic mass is 79.9. The van der Waals surface area contributed by atoms with Crippen LogP contribution < -0.4 is 5.73 Å². The topological polar surface area (TPSA) is 59.2 Å². The Morgan fingerprint density at radius 2 is 2.26 bits per heavy atom. The highest BCUT2D eigenvalue weighted by Gasteiger charge is 2.16. The normalized spacial score (nSPS) is 10.5. The maximum Gasteiger partial charge on any atom is 0.255 e. The Morgan fingerprint density at radius 3 is 2.89 bits per heavy atom. The van der Waals surface area contributed by atoms with Crippen molar-refractivity contribution in [2.24, 2.45) is 0 Å². The lowest BCUT2D eigenvalue weighted by Gasteiger charge is -2.17. The molecule has 0 spiro atoms. The summed E-state index contributed by atoms with van der Waals surface area (Å²) in [5.41, 5.74) is 9.64. The van der Waals surface area contributed by atoms with E-state index >= 15 is 0 Å². The van der Waals surface area contributed by atoms with Crippen molar-refractivity contribution in [3.05, 3.63) is 44.3 Å². The number of thiazole rings is 1. The predicted octanol–water partition coefficient (Wildman–Crippen LogP) is 3.07. The lowest BCUT2D eigenvalue weighted by molar-refractivity contribution is 0.0785. The smallest absolute Gasteiger partial charge is 0.255 e. The highest BCUT2D eigenvalue weighted by Crippen LogP contribution is 2.22. The first-order valence-electron chi connectivity index (χ1n) is 5.68. The summed E-state index contributed by atoms with van der Waals surface area (Å²) in [6.45, 7) is 2.50. The van der Waals surface area contributed by atoms with Gasteiger partial charge in [0.25, 0.3) is 5.91 Å². The van der Waals surface area contributed by atoms with Gasteiger partial charge in [0.05, 0.1) is 23.3 Å². The second-order valence-electron chi connectivity index (χ2n) is 4.26. The van der Waals surface area contributed by atoms with Crippen LogP contribution in [0, 0.1) is 6.92 Å². The molecule has 4 nitrogen and oxygen atoms in total. The molecule has 6 heteroatoms. The van der Waals surface area contributed by atoms with Gasteiger partial charge in [-0.1, -0.05) is 0 Å². The minimum Gasteiger partial charge on any atom is -0.399 e. The minimum absolute atomic E-state index is 0.0630. The van der Waals surface area contributed by atoms with Crippen molar-refractivity contribution in [3.63, 3.8) is 0 Å². The Hall–Kier alpha value is -1.40. The first-order chi connectivity index (χ1) is 8.99. The number of amides is 1. The predicted molar refractivity (Wildman–Crippen MR) is 81.2 cm³/mol. The number of carbonyl (C=O) groups is 1. The molecular weight excluding hydrogens is 326 g/mol. The fourth-order valence-electron chi connectivity index (χ4n) is 1.68. The zero-order chi connectivity index (χ0) is 14.0. The Balaban J connectivity index is 2.19. The summed E-state index contributed by atoms with van der Waals surface area (Å²) >= 11 is 4.94. The first-order valence-corrected chi connectivity index (χ1v) is 7.35. The van der Waals surface area contributed by atoms with Gasteiger partial charge in [-0.05, 0) is 41.1 Å². The molecule has 0 radical (unpaired) electrons. The van der Waals surface area contributed by atoms with E-state index in [1.54, 1.807) is 47.0 Å². The Morgan fingerprint density at radius 1 is 1.53 bits per heavy atom. The maximum atomic E-state index is 12.4. The van der Waals surface area contributed by atoms with Crippen molar-refractivity contribution >= 4 is 38.9 Å². The number of hydrogen-bond donors (Lipinski definition) is 1. The van der Waals surface area contributed by atoms with Crippen LogP contribution in [-0.4, -0.2) is 22.8 Å². The van der Waals surface area contributed by atoms with Gasteiger partial charge in [0.1, 0.15) is 0 Å². The molecule has 1 aromatic carbocycles. The molecule has 0 aliphatic rings. The molecule has 100 valence electrons. The van der Waals surface area contributed by atoms with Crippen LogP contribution in [0.4, 0.5) is 5.69 Å². The van der Waals surface area contributed by atoms with E-state index in [1.165, 1.54) is 0 Å². The summed E-state index contributed by atoms with van der Waals surface area (Å²) < 4.78 is 0.750. The number of halogens is 1. The Bertz CT molecular complexity index is 612. The van der Waals surface area contributed by atoms with Gasteiger partial charge >= 0.3 is 0 Å². The van der Waals surface area contributed by atoms with Gasteiger partial charge in [-0.15, -0.1) is 11.3 Å². The van der Waals surface area contributed by atoms with Gasteiger partial charge in [-0.3, -0.25) is 4.79 Å². The molecule has 1 aromatic heterocycles. The molecule has 0 saturated carbocycles. The number of anilines is 1. The van der Waals surface area contributed by atoms with E-state index in [0.717, 1.165) is 15.0 Å². The molecule has 2 N–H and O–H groups in total. The van der Waals surface area contributed by atoms with Crippen LogP contribution in [0.1, 0.15) is 20.9 Å². The summed E-state index contributed by atoms with van der Waals surface area (Å²) in [6.07, 6.45) is 0. The number of aromatic nitrogens is 1. The first kappa shape index (κ1) is 14.0. The Labute approximate surface area is 124 Å². The number of nitrogen functional groups attached to an aromatic ring is 1. The van der Waals surface area contributed by atoms with Gasteiger partial charge in [0.2, 0.25) is 0 Å². The van der Waals surface area contributed by atoms with Gasteiger partial charge in [-0.2, -0.15) is 0 Å². The molecule has 0 atom stereocenters. The molecule has 2 aromatic rings. The van der Waals surface area contributed by atoms with Crippen molar-refractivity contribution in [2.75, 3.05) is 12.8 Å². The van der Waals surface area contributed by atoms with Crippen molar-refractivity contribution in [2.45, 2.75) is 13.5 Å². The number of nitrogens with zero attached hydrogens (tertiary/aromatic N) is 2. The van der Waals surface area contributed by atoms with Crippen LogP contribution in [0.2, 0.25) is 0 Å². The quantitative estimate of drug-likeness (QED) is 0.874. The summed E-state index contributed by atoms with van der Waals surface area (Å²) in [5.74, 6) is -0.0630. The van der Waals surface area contributed by atoms with Gasteiger partial charge in [-0.25, -0.2) is 4.98 Å².